The van der Waals surface area contributed by atoms with Crippen LogP contribution >= 0.6 is 0 Å². The lowest BCUT2D eigenvalue weighted by Gasteiger charge is -2.31. The summed E-state index contributed by atoms with van der Waals surface area (Å²) in [5.41, 5.74) is 3.65. The fourth-order valence-corrected chi connectivity index (χ4v) is 5.25. The molecule has 6 rings (SSSR count). The van der Waals surface area contributed by atoms with E-state index in [2.05, 4.69) is 25.1 Å². The number of piperidine rings is 1. The van der Waals surface area contributed by atoms with Crippen molar-refractivity contribution in [1.29, 1.82) is 5.26 Å². The van der Waals surface area contributed by atoms with E-state index in [1.54, 1.807) is 18.2 Å². The van der Waals surface area contributed by atoms with Gasteiger partial charge in [-0.25, -0.2) is 19.2 Å². The average molecular weight is 558 g/mol. The Morgan fingerprint density at radius 2 is 2.02 bits per heavy atom. The van der Waals surface area contributed by atoms with Crippen LogP contribution in [-0.2, 0) is 24.3 Å². The van der Waals surface area contributed by atoms with Crippen LogP contribution in [0.5, 0.6) is 5.88 Å². The number of hydrogen-bond donors (Lipinski definition) is 1. The Labute approximate surface area is 235 Å². The van der Waals surface area contributed by atoms with Gasteiger partial charge in [-0.15, -0.1) is 4.63 Å². The number of carboxylic acids is 1. The smallest absolute Gasteiger partial charge is 0.356 e. The van der Waals surface area contributed by atoms with Crippen molar-refractivity contribution in [2.24, 2.45) is 0 Å². The fraction of sp³-hybridized carbons (Fsp3) is 0.379. The first-order chi connectivity index (χ1) is 20.0. The number of rotatable bonds is 9. The highest BCUT2D eigenvalue weighted by Gasteiger charge is 2.28. The fourth-order valence-electron chi connectivity index (χ4n) is 5.25. The van der Waals surface area contributed by atoms with Crippen LogP contribution in [0.25, 0.3) is 5.65 Å². The second-order valence-corrected chi connectivity index (χ2v) is 10.3. The van der Waals surface area contributed by atoms with E-state index in [0.29, 0.717) is 30.1 Å². The van der Waals surface area contributed by atoms with Crippen LogP contribution in [0.15, 0.2) is 42.6 Å². The topological polar surface area (TPSA) is 139 Å². The Bertz CT molecular complexity index is 1620. The molecule has 0 saturated carbocycles. The maximum atomic E-state index is 14.2. The number of ether oxygens (including phenoxy) is 2. The van der Waals surface area contributed by atoms with E-state index in [4.69, 9.17) is 14.7 Å². The molecule has 2 aliphatic heterocycles. The zero-order valence-corrected chi connectivity index (χ0v) is 22.2. The van der Waals surface area contributed by atoms with Gasteiger partial charge in [0.25, 0.3) is 0 Å². The van der Waals surface area contributed by atoms with Crippen molar-refractivity contribution in [1.82, 2.24) is 29.7 Å². The van der Waals surface area contributed by atoms with E-state index in [9.17, 15) is 14.3 Å². The largest absolute Gasteiger partial charge is 0.476 e. The van der Waals surface area contributed by atoms with Crippen LogP contribution in [0.3, 0.4) is 0 Å². The van der Waals surface area contributed by atoms with E-state index in [1.165, 1.54) is 16.9 Å². The molecule has 3 aromatic heterocycles. The summed E-state index contributed by atoms with van der Waals surface area (Å²) in [6.07, 6.45) is 4.66. The minimum atomic E-state index is -1.12. The molecule has 2 aliphatic rings. The van der Waals surface area contributed by atoms with Gasteiger partial charge < -0.3 is 14.6 Å². The van der Waals surface area contributed by atoms with E-state index < -0.39 is 11.8 Å². The monoisotopic (exact) mass is 557 g/mol. The number of halogens is 1. The Kier molecular flexibility index (Phi) is 7.54. The summed E-state index contributed by atoms with van der Waals surface area (Å²) in [5.74, 6) is -0.913. The summed E-state index contributed by atoms with van der Waals surface area (Å²) in [6.45, 7) is 3.03. The number of carbonyl (C=O) groups is 1. The molecule has 210 valence electrons. The molecule has 11 nitrogen and oxygen atoms in total. The second-order valence-electron chi connectivity index (χ2n) is 10.3. The number of benzene rings is 1. The first kappa shape index (κ1) is 26.7. The molecular weight excluding hydrogens is 529 g/mol. The molecule has 0 bridgehead atoms. The van der Waals surface area contributed by atoms with Crippen LogP contribution < -0.4 is 4.74 Å². The van der Waals surface area contributed by atoms with Crippen molar-refractivity contribution < 1.29 is 23.8 Å². The zero-order valence-electron chi connectivity index (χ0n) is 22.2. The lowest BCUT2D eigenvalue weighted by Crippen LogP contribution is -2.33. The molecule has 0 radical (unpaired) electrons. The predicted octanol–water partition coefficient (Wildman–Crippen LogP) is 3.52. The normalized spacial score (nSPS) is 17.7. The predicted molar refractivity (Wildman–Crippen MR) is 143 cm³/mol. The maximum Gasteiger partial charge on any atom is 0.356 e. The van der Waals surface area contributed by atoms with Crippen molar-refractivity contribution in [2.75, 3.05) is 19.7 Å². The number of carboxylic acid groups (broad SMARTS) is 1. The number of aromatic carboxylic acids is 1. The van der Waals surface area contributed by atoms with Gasteiger partial charge in [0.2, 0.25) is 5.88 Å². The first-order valence-electron chi connectivity index (χ1n) is 13.6. The molecule has 5 heterocycles. The number of nitrogens with zero attached hydrogens (tertiary/aromatic N) is 7. The van der Waals surface area contributed by atoms with Crippen LogP contribution in [0.1, 0.15) is 63.7 Å². The molecule has 41 heavy (non-hydrogen) atoms. The van der Waals surface area contributed by atoms with Crippen molar-refractivity contribution in [2.45, 2.75) is 50.9 Å². The highest BCUT2D eigenvalue weighted by atomic mass is 19.1. The molecule has 1 atom stereocenters. The molecule has 4 aromatic rings. The SMILES string of the molecule is N#Cc1ccc(COc2cccc(C3CCN(Cc4nn5ncc(C(=O)O)nc5c4CC4CCO4)CC3)n2)c(F)c1. The molecule has 0 amide bonds. The third-order valence-electron chi connectivity index (χ3n) is 7.67. The number of likely N-dealkylation sites (tertiary alicyclic amines) is 1. The molecule has 2 fully saturated rings. The molecule has 1 N–H and O–H groups in total. The van der Waals surface area contributed by atoms with E-state index >= 15 is 0 Å². The summed E-state index contributed by atoms with van der Waals surface area (Å²) in [4.78, 5) is 22.8. The quantitative estimate of drug-likeness (QED) is 0.325. The van der Waals surface area contributed by atoms with E-state index in [1.807, 2.05) is 18.2 Å². The highest BCUT2D eigenvalue weighted by molar-refractivity contribution is 5.85. The van der Waals surface area contributed by atoms with Gasteiger partial charge >= 0.3 is 5.97 Å². The van der Waals surface area contributed by atoms with Crippen molar-refractivity contribution in [3.05, 3.63) is 82.2 Å². The molecular formula is C29H28FN7O4. The third-order valence-corrected chi connectivity index (χ3v) is 7.67. The third kappa shape index (κ3) is 5.86. The van der Waals surface area contributed by atoms with Crippen LogP contribution in [0.4, 0.5) is 4.39 Å². The summed E-state index contributed by atoms with van der Waals surface area (Å²) < 4.78 is 27.1. The average Bonchev–Trinajstić information content (AvgIpc) is 3.30. The van der Waals surface area contributed by atoms with Gasteiger partial charge in [-0.05, 0) is 50.6 Å². The van der Waals surface area contributed by atoms with Crippen molar-refractivity contribution in [3.63, 3.8) is 0 Å². The minimum Gasteiger partial charge on any atom is -0.476 e. The lowest BCUT2D eigenvalue weighted by atomic mass is 9.92. The zero-order chi connectivity index (χ0) is 28.3. The van der Waals surface area contributed by atoms with E-state index in [-0.39, 0.29) is 29.9 Å². The summed E-state index contributed by atoms with van der Waals surface area (Å²) in [6, 6.07) is 11.9. The highest BCUT2D eigenvalue weighted by Crippen LogP contribution is 2.30. The molecule has 0 spiro atoms. The molecule has 1 unspecified atom stereocenters. The van der Waals surface area contributed by atoms with Gasteiger partial charge in [-0.1, -0.05) is 12.1 Å². The Hall–Kier alpha value is -4.47. The van der Waals surface area contributed by atoms with Gasteiger partial charge in [-0.2, -0.15) is 15.5 Å². The minimum absolute atomic E-state index is 0.0252. The summed E-state index contributed by atoms with van der Waals surface area (Å²) >= 11 is 0. The first-order valence-corrected chi connectivity index (χ1v) is 13.6. The standard InChI is InChI=1S/C29H28FN7O4/c30-23-12-18(14-31)4-5-20(23)17-41-27-3-1-2-24(33-27)19-6-9-36(10-7-19)16-26-22(13-21-8-11-40-21)28-34-25(29(38)39)15-32-37(28)35-26/h1-5,12,15,19,21H,6-11,13,16-17H2,(H,38,39). The number of hydrogen-bond acceptors (Lipinski definition) is 9. The second kappa shape index (κ2) is 11.6. The Morgan fingerprint density at radius 3 is 2.73 bits per heavy atom. The maximum absolute atomic E-state index is 14.2. The van der Waals surface area contributed by atoms with Crippen LogP contribution in [-0.4, -0.2) is 66.6 Å². The van der Waals surface area contributed by atoms with Gasteiger partial charge in [-0.3, -0.25) is 4.90 Å². The van der Waals surface area contributed by atoms with Gasteiger partial charge in [0.05, 0.1) is 29.6 Å². The Morgan fingerprint density at radius 1 is 1.20 bits per heavy atom. The van der Waals surface area contributed by atoms with E-state index in [0.717, 1.165) is 55.9 Å². The van der Waals surface area contributed by atoms with Crippen molar-refractivity contribution >= 4 is 11.6 Å². The van der Waals surface area contributed by atoms with Gasteiger partial charge in [0.1, 0.15) is 12.4 Å². The number of fused-ring (bicyclic) bond motifs is 1. The number of nitriles is 1. The Balaban J connectivity index is 1.10. The summed E-state index contributed by atoms with van der Waals surface area (Å²) in [7, 11) is 0. The summed E-state index contributed by atoms with van der Waals surface area (Å²) in [5, 5.41) is 27.1. The molecule has 0 aliphatic carbocycles. The lowest BCUT2D eigenvalue weighted by molar-refractivity contribution is -0.0492. The molecule has 2 saturated heterocycles. The van der Waals surface area contributed by atoms with Crippen LogP contribution in [0, 0.1) is 17.1 Å². The van der Waals surface area contributed by atoms with Crippen molar-refractivity contribution in [3.8, 4) is 11.9 Å². The van der Waals surface area contributed by atoms with Gasteiger partial charge in [0.15, 0.2) is 11.3 Å². The van der Waals surface area contributed by atoms with Crippen LogP contribution in [0.2, 0.25) is 0 Å². The number of pyridine rings is 1. The van der Waals surface area contributed by atoms with Gasteiger partial charge in [0, 0.05) is 48.4 Å². The number of aromatic nitrogens is 5. The molecule has 1 aromatic carbocycles. The molecule has 12 heteroatoms.